The van der Waals surface area contributed by atoms with Gasteiger partial charge in [-0.15, -0.1) is 0 Å². The lowest BCUT2D eigenvalue weighted by atomic mass is 10.1. The minimum Gasteiger partial charge on any atom is -0.756 e. The second-order valence-electron chi connectivity index (χ2n) is 17.4. The zero-order valence-electron chi connectivity index (χ0n) is 42.1. The van der Waals surface area contributed by atoms with E-state index in [0.29, 0.717) is 23.9 Å². The average molecular weight is 938 g/mol. The van der Waals surface area contributed by atoms with E-state index in [1.165, 1.54) is 0 Å². The third-order valence-electron chi connectivity index (χ3n) is 9.98. The van der Waals surface area contributed by atoms with Crippen molar-refractivity contribution < 1.29 is 42.1 Å². The molecule has 0 rings (SSSR count). The molecule has 0 heterocycles. The number of hydrogen-bond donors (Lipinski definition) is 0. The van der Waals surface area contributed by atoms with Crippen LogP contribution in [0.4, 0.5) is 0 Å². The van der Waals surface area contributed by atoms with Crippen molar-refractivity contribution in [1.82, 2.24) is 0 Å². The molecule has 0 bridgehead atoms. The van der Waals surface area contributed by atoms with E-state index < -0.39 is 32.5 Å². The molecule has 9 nitrogen and oxygen atoms in total. The van der Waals surface area contributed by atoms with Crippen LogP contribution in [0.2, 0.25) is 0 Å². The molecule has 0 N–H and O–H groups in total. The molecule has 0 amide bonds. The third-order valence-corrected chi connectivity index (χ3v) is 10.9. The van der Waals surface area contributed by atoms with Gasteiger partial charge in [0.05, 0.1) is 27.7 Å². The number of quaternary nitrogens is 1. The van der Waals surface area contributed by atoms with Crippen LogP contribution in [0, 0.1) is 0 Å². The Morgan fingerprint density at radius 1 is 0.470 bits per heavy atom. The lowest BCUT2D eigenvalue weighted by molar-refractivity contribution is -0.870. The molecule has 0 radical (unpaired) electrons. The van der Waals surface area contributed by atoms with E-state index in [0.717, 1.165) is 128 Å². The number of unbranched alkanes of at least 4 members (excludes halogenated alkanes) is 10. The molecule has 0 fully saturated rings. The molecule has 0 aliphatic carbocycles. The summed E-state index contributed by atoms with van der Waals surface area (Å²) in [5.41, 5.74) is 0. The zero-order chi connectivity index (χ0) is 48.5. The number of nitrogens with zero attached hydrogens (tertiary/aromatic N) is 1. The highest BCUT2D eigenvalue weighted by Gasteiger charge is 2.21. The van der Waals surface area contributed by atoms with Crippen molar-refractivity contribution in [3.05, 3.63) is 122 Å². The van der Waals surface area contributed by atoms with Crippen molar-refractivity contribution in [2.75, 3.05) is 47.5 Å². The van der Waals surface area contributed by atoms with Gasteiger partial charge in [-0.05, 0) is 103 Å². The largest absolute Gasteiger partial charge is 0.756 e. The first-order valence-corrected chi connectivity index (χ1v) is 26.7. The lowest BCUT2D eigenvalue weighted by Crippen LogP contribution is -2.37. The molecule has 66 heavy (non-hydrogen) atoms. The molecule has 0 aliphatic heterocycles. The van der Waals surface area contributed by atoms with Gasteiger partial charge in [-0.3, -0.25) is 14.2 Å². The predicted molar refractivity (Wildman–Crippen MR) is 277 cm³/mol. The molecule has 0 aromatic rings. The maximum Gasteiger partial charge on any atom is 0.306 e. The molecule has 2 unspecified atom stereocenters. The SMILES string of the molecule is CC/C=C\C/C=C\C/C=C\C/C=C\C/C=C\C/C=C\CCCCCCC(=O)OC(COC(=O)CCCCCCCC/C=C\C/C=C\C/C=C\C/C=C\CC)COP(=O)([O-])OCC[N+](C)(C)C. The van der Waals surface area contributed by atoms with Gasteiger partial charge in [0, 0.05) is 12.8 Å². The molecule has 0 aromatic carbocycles. The molecule has 0 saturated heterocycles. The number of phosphoric acid groups is 1. The molecular weight excluding hydrogens is 846 g/mol. The van der Waals surface area contributed by atoms with Crippen LogP contribution < -0.4 is 4.89 Å². The summed E-state index contributed by atoms with van der Waals surface area (Å²) in [6, 6.07) is 0. The number of carbonyl (C=O) groups excluding carboxylic acids is 2. The number of esters is 2. The Morgan fingerprint density at radius 3 is 1.21 bits per heavy atom. The van der Waals surface area contributed by atoms with E-state index in [1.807, 2.05) is 21.1 Å². The number of rotatable bonds is 44. The summed E-state index contributed by atoms with van der Waals surface area (Å²) in [5, 5.41) is 0. The van der Waals surface area contributed by atoms with E-state index in [1.54, 1.807) is 0 Å². The van der Waals surface area contributed by atoms with E-state index >= 15 is 0 Å². The highest BCUT2D eigenvalue weighted by atomic mass is 31.2. The molecule has 0 aliphatic rings. The van der Waals surface area contributed by atoms with E-state index in [9.17, 15) is 19.0 Å². The standard InChI is InChI=1S/C56H92NO8P/c1-6-8-10-12-14-16-18-20-22-24-26-27-28-29-31-33-35-37-39-41-43-45-47-49-56(59)65-54(53-64-66(60,61)63-51-50-57(3,4)5)52-62-55(58)48-46-44-42-40-38-36-34-32-30-25-23-21-19-17-15-13-11-9-7-2/h8-11,14-17,20-23,26-27,29-32,35,37,54H,6-7,12-13,18-19,24-25,28,33-34,36,38-53H2,1-5H3/b10-8-,11-9-,16-14-,17-15-,22-20-,23-21-,27-26-,31-29-,32-30-,37-35-. The molecular formula is C56H92NO8P. The normalized spacial score (nSPS) is 14.5. The lowest BCUT2D eigenvalue weighted by Gasteiger charge is -2.28. The maximum absolute atomic E-state index is 12.7. The summed E-state index contributed by atoms with van der Waals surface area (Å²) in [7, 11) is 1.11. The van der Waals surface area contributed by atoms with Gasteiger partial charge in [0.2, 0.25) is 0 Å². The van der Waals surface area contributed by atoms with E-state index in [-0.39, 0.29) is 26.1 Å². The van der Waals surface area contributed by atoms with Crippen molar-refractivity contribution in [1.29, 1.82) is 0 Å². The van der Waals surface area contributed by atoms with Crippen LogP contribution in [-0.4, -0.2) is 70.0 Å². The van der Waals surface area contributed by atoms with Gasteiger partial charge < -0.3 is 27.9 Å². The molecule has 0 saturated carbocycles. The number of hydrogen-bond acceptors (Lipinski definition) is 8. The summed E-state index contributed by atoms with van der Waals surface area (Å²) < 4.78 is 34.0. The van der Waals surface area contributed by atoms with Gasteiger partial charge in [-0.2, -0.15) is 0 Å². The summed E-state index contributed by atoms with van der Waals surface area (Å²) in [5.74, 6) is -0.892. The van der Waals surface area contributed by atoms with Gasteiger partial charge in [0.1, 0.15) is 19.8 Å². The first-order valence-electron chi connectivity index (χ1n) is 25.2. The first-order chi connectivity index (χ1) is 32.0. The Bertz CT molecular complexity index is 1530. The number of phosphoric ester groups is 1. The molecule has 0 aromatic heterocycles. The van der Waals surface area contributed by atoms with Gasteiger partial charge in [-0.1, -0.05) is 174 Å². The van der Waals surface area contributed by atoms with Crippen molar-refractivity contribution >= 4 is 19.8 Å². The van der Waals surface area contributed by atoms with Gasteiger partial charge in [-0.25, -0.2) is 0 Å². The second-order valence-corrected chi connectivity index (χ2v) is 18.8. The first kappa shape index (κ1) is 62.4. The van der Waals surface area contributed by atoms with Crippen LogP contribution in [0.15, 0.2) is 122 Å². The Balaban J connectivity index is 4.39. The third kappa shape index (κ3) is 49.8. The van der Waals surface area contributed by atoms with E-state index in [2.05, 4.69) is 135 Å². The Kier molecular flexibility index (Phi) is 44.0. The van der Waals surface area contributed by atoms with Crippen LogP contribution >= 0.6 is 7.82 Å². The zero-order valence-corrected chi connectivity index (χ0v) is 43.0. The molecule has 0 spiro atoms. The minimum atomic E-state index is -4.65. The summed E-state index contributed by atoms with van der Waals surface area (Å²) in [4.78, 5) is 37.7. The van der Waals surface area contributed by atoms with Crippen LogP contribution in [0.5, 0.6) is 0 Å². The fraction of sp³-hybridized carbons (Fsp3) is 0.607. The van der Waals surface area contributed by atoms with Gasteiger partial charge >= 0.3 is 11.9 Å². The maximum atomic E-state index is 12.7. The van der Waals surface area contributed by atoms with E-state index in [4.69, 9.17) is 18.5 Å². The molecule has 374 valence electrons. The monoisotopic (exact) mass is 938 g/mol. The summed E-state index contributed by atoms with van der Waals surface area (Å²) in [6.45, 7) is 3.93. The van der Waals surface area contributed by atoms with Crippen molar-refractivity contribution in [2.24, 2.45) is 0 Å². The fourth-order valence-corrected chi connectivity index (χ4v) is 6.85. The highest BCUT2D eigenvalue weighted by molar-refractivity contribution is 7.45. The number of carbonyl (C=O) groups is 2. The summed E-state index contributed by atoms with van der Waals surface area (Å²) >= 11 is 0. The Morgan fingerprint density at radius 2 is 0.818 bits per heavy atom. The average Bonchev–Trinajstić information content (AvgIpc) is 3.27. The van der Waals surface area contributed by atoms with Gasteiger partial charge in [0.15, 0.2) is 6.10 Å². The van der Waals surface area contributed by atoms with Crippen LogP contribution in [0.3, 0.4) is 0 Å². The predicted octanol–water partition coefficient (Wildman–Crippen LogP) is 14.6. The van der Waals surface area contributed by atoms with Crippen molar-refractivity contribution in [2.45, 2.75) is 174 Å². The van der Waals surface area contributed by atoms with Crippen LogP contribution in [-0.2, 0) is 32.7 Å². The smallest absolute Gasteiger partial charge is 0.306 e. The fourth-order valence-electron chi connectivity index (χ4n) is 6.12. The van der Waals surface area contributed by atoms with Crippen molar-refractivity contribution in [3.63, 3.8) is 0 Å². The van der Waals surface area contributed by atoms with Crippen molar-refractivity contribution in [3.8, 4) is 0 Å². The Labute approximate surface area is 403 Å². The molecule has 2 atom stereocenters. The number of ether oxygens (including phenoxy) is 2. The topological polar surface area (TPSA) is 111 Å². The molecule has 10 heteroatoms. The van der Waals surface area contributed by atoms with Crippen LogP contribution in [0.25, 0.3) is 0 Å². The Hall–Kier alpha value is -3.59. The second kappa shape index (κ2) is 46.5. The van der Waals surface area contributed by atoms with Crippen LogP contribution in [0.1, 0.15) is 168 Å². The number of likely N-dealkylation sites (N-methyl/N-ethyl adjacent to an activating group) is 1. The number of allylic oxidation sites excluding steroid dienone is 20. The van der Waals surface area contributed by atoms with Gasteiger partial charge in [0.25, 0.3) is 7.82 Å². The minimum absolute atomic E-state index is 0.0465. The summed E-state index contributed by atoms with van der Waals surface area (Å²) in [6.07, 6.45) is 65.1. The quantitative estimate of drug-likeness (QED) is 0.0195. The highest BCUT2D eigenvalue weighted by Crippen LogP contribution is 2.38.